The van der Waals surface area contributed by atoms with E-state index in [1.807, 2.05) is 56.0 Å². The predicted molar refractivity (Wildman–Crippen MR) is 137 cm³/mol. The zero-order valence-corrected chi connectivity index (χ0v) is 21.0. The lowest BCUT2D eigenvalue weighted by atomic mass is 9.99. The Morgan fingerprint density at radius 2 is 1.64 bits per heavy atom. The van der Waals surface area contributed by atoms with Gasteiger partial charge >= 0.3 is 6.09 Å². The van der Waals surface area contributed by atoms with E-state index in [0.29, 0.717) is 37.3 Å². The third-order valence-electron chi connectivity index (χ3n) is 7.05. The van der Waals surface area contributed by atoms with Crippen molar-refractivity contribution in [1.29, 1.82) is 0 Å². The van der Waals surface area contributed by atoms with E-state index in [9.17, 15) is 19.5 Å². The molecule has 2 aromatic rings. The third kappa shape index (κ3) is 4.69. The van der Waals surface area contributed by atoms with Gasteiger partial charge in [-0.1, -0.05) is 18.2 Å². The Hall–Kier alpha value is -3.39. The van der Waals surface area contributed by atoms with E-state index in [-0.39, 0.29) is 29.9 Å². The zero-order valence-electron chi connectivity index (χ0n) is 21.0. The molecule has 36 heavy (non-hydrogen) atoms. The van der Waals surface area contributed by atoms with Gasteiger partial charge in [0.05, 0.1) is 29.6 Å². The number of β-amino-alcohol motifs (C(OH)–C–C–N with tert-alkyl or cyclic N) is 1. The summed E-state index contributed by atoms with van der Waals surface area (Å²) in [6, 6.07) is 13.0. The van der Waals surface area contributed by atoms with Crippen LogP contribution in [0.15, 0.2) is 42.5 Å². The van der Waals surface area contributed by atoms with Gasteiger partial charge in [0, 0.05) is 31.1 Å². The van der Waals surface area contributed by atoms with Crippen molar-refractivity contribution in [3.05, 3.63) is 48.0 Å². The third-order valence-corrected chi connectivity index (χ3v) is 7.05. The lowest BCUT2D eigenvalue weighted by molar-refractivity contribution is -0.120. The van der Waals surface area contributed by atoms with Crippen molar-refractivity contribution in [2.45, 2.75) is 58.3 Å². The first-order valence-electron chi connectivity index (χ1n) is 12.8. The van der Waals surface area contributed by atoms with Crippen LogP contribution in [-0.2, 0) is 9.53 Å². The van der Waals surface area contributed by atoms with Gasteiger partial charge in [0.25, 0.3) is 5.91 Å². The molecule has 8 heteroatoms. The van der Waals surface area contributed by atoms with Crippen LogP contribution in [0.5, 0.6) is 0 Å². The van der Waals surface area contributed by atoms with Crippen LogP contribution in [0.4, 0.5) is 16.2 Å². The lowest BCUT2D eigenvalue weighted by Gasteiger charge is -2.41. The molecule has 3 amide bonds. The van der Waals surface area contributed by atoms with Gasteiger partial charge < -0.3 is 19.6 Å². The van der Waals surface area contributed by atoms with Crippen LogP contribution in [0.3, 0.4) is 0 Å². The number of hydrogen-bond donors (Lipinski definition) is 1. The van der Waals surface area contributed by atoms with Crippen LogP contribution in [0, 0.1) is 5.92 Å². The second-order valence-electron chi connectivity index (χ2n) is 10.3. The summed E-state index contributed by atoms with van der Waals surface area (Å²) in [6.07, 6.45) is 1.29. The molecule has 0 unspecified atom stereocenters. The van der Waals surface area contributed by atoms with Crippen LogP contribution >= 0.6 is 0 Å². The molecule has 1 saturated heterocycles. The van der Waals surface area contributed by atoms with Crippen LogP contribution in [-0.4, -0.2) is 65.8 Å². The molecule has 2 heterocycles. The number of anilines is 2. The average Bonchev–Trinajstić information content (AvgIpc) is 3.62. The molecule has 1 N–H and O–H groups in total. The number of benzene rings is 2. The van der Waals surface area contributed by atoms with E-state index in [1.54, 1.807) is 21.9 Å². The Balaban J connectivity index is 1.46. The highest BCUT2D eigenvalue weighted by molar-refractivity contribution is 6.05. The van der Waals surface area contributed by atoms with Gasteiger partial charge in [-0.2, -0.15) is 0 Å². The van der Waals surface area contributed by atoms with Crippen LogP contribution < -0.4 is 9.80 Å². The van der Waals surface area contributed by atoms with Crippen molar-refractivity contribution in [3.8, 4) is 11.1 Å². The fourth-order valence-corrected chi connectivity index (χ4v) is 5.02. The summed E-state index contributed by atoms with van der Waals surface area (Å²) >= 11 is 0. The van der Waals surface area contributed by atoms with E-state index < -0.39 is 12.2 Å². The molecule has 0 bridgehead atoms. The molecule has 0 radical (unpaired) electrons. The van der Waals surface area contributed by atoms with Crippen LogP contribution in [0.1, 0.15) is 50.4 Å². The summed E-state index contributed by atoms with van der Waals surface area (Å²) < 4.78 is 5.52. The molecule has 2 aliphatic heterocycles. The largest absolute Gasteiger partial charge is 0.446 e. The quantitative estimate of drug-likeness (QED) is 0.697. The number of carbonyl (C=O) groups is 3. The molecule has 1 aliphatic carbocycles. The van der Waals surface area contributed by atoms with Gasteiger partial charge in [0.15, 0.2) is 0 Å². The van der Waals surface area contributed by atoms with E-state index in [1.165, 1.54) is 0 Å². The molecule has 5 rings (SSSR count). The molecule has 0 spiro atoms. The number of ether oxygens (including phenoxy) is 1. The molecule has 190 valence electrons. The molecule has 8 nitrogen and oxygen atoms in total. The number of rotatable bonds is 4. The number of aliphatic hydroxyl groups is 1. The maximum atomic E-state index is 13.1. The second kappa shape index (κ2) is 9.58. The van der Waals surface area contributed by atoms with Crippen molar-refractivity contribution >= 4 is 29.3 Å². The predicted octanol–water partition coefficient (Wildman–Crippen LogP) is 4.06. The fraction of sp³-hybridized carbons (Fsp3) is 0.464. The van der Waals surface area contributed by atoms with Crippen LogP contribution in [0.2, 0.25) is 0 Å². The van der Waals surface area contributed by atoms with Crippen molar-refractivity contribution in [2.24, 2.45) is 5.92 Å². The Morgan fingerprint density at radius 3 is 2.25 bits per heavy atom. The molecular weight excluding hydrogens is 458 g/mol. The first kappa shape index (κ1) is 24.3. The van der Waals surface area contributed by atoms with Gasteiger partial charge in [-0.05, 0) is 75.4 Å². The van der Waals surface area contributed by atoms with Gasteiger partial charge in [-0.15, -0.1) is 0 Å². The van der Waals surface area contributed by atoms with Crippen LogP contribution in [0.25, 0.3) is 11.1 Å². The van der Waals surface area contributed by atoms with Gasteiger partial charge in [0.1, 0.15) is 0 Å². The summed E-state index contributed by atoms with van der Waals surface area (Å²) in [7, 11) is 0. The Labute approximate surface area is 211 Å². The highest BCUT2D eigenvalue weighted by Gasteiger charge is 2.41. The number of amides is 3. The molecule has 1 saturated carbocycles. The molecule has 3 aliphatic rings. The Bertz CT molecular complexity index is 1170. The van der Waals surface area contributed by atoms with Crippen molar-refractivity contribution in [1.82, 2.24) is 4.90 Å². The van der Waals surface area contributed by atoms with Gasteiger partial charge in [0.2, 0.25) is 5.91 Å². The number of nitrogens with zero attached hydrogens (tertiary/aromatic N) is 3. The summed E-state index contributed by atoms with van der Waals surface area (Å²) in [4.78, 5) is 44.0. The highest BCUT2D eigenvalue weighted by Crippen LogP contribution is 2.42. The summed E-state index contributed by atoms with van der Waals surface area (Å²) in [6.45, 7) is 6.87. The highest BCUT2D eigenvalue weighted by atomic mass is 16.6. The summed E-state index contributed by atoms with van der Waals surface area (Å²) in [5.74, 6) is 0.0913. The van der Waals surface area contributed by atoms with Gasteiger partial charge in [-0.3, -0.25) is 14.5 Å². The van der Waals surface area contributed by atoms with Crippen molar-refractivity contribution in [3.63, 3.8) is 0 Å². The fourth-order valence-electron chi connectivity index (χ4n) is 5.02. The smallest absolute Gasteiger partial charge is 0.414 e. The van der Waals surface area contributed by atoms with E-state index in [2.05, 4.69) is 0 Å². The standard InChI is InChI=1S/C28H33N3O5/c1-17(2)36-28(35)30-15-18(3)31(27(34)21-8-9-21)24-11-10-22(14-25(24)30)19-4-6-20(7-5-19)26(33)29-13-12-23(32)16-29/h4-7,10-11,14,17-18,21,23,32H,8-9,12-13,15-16H2,1-3H3/t18-,23+/m0/s1. The minimum atomic E-state index is -0.455. The molecule has 2 fully saturated rings. The van der Waals surface area contributed by atoms with E-state index in [0.717, 1.165) is 29.7 Å². The minimum Gasteiger partial charge on any atom is -0.446 e. The average molecular weight is 492 g/mol. The zero-order chi connectivity index (χ0) is 25.6. The first-order chi connectivity index (χ1) is 17.2. The van der Waals surface area contributed by atoms with Gasteiger partial charge in [-0.25, -0.2) is 4.79 Å². The Kier molecular flexibility index (Phi) is 6.47. The van der Waals surface area contributed by atoms with Crippen molar-refractivity contribution < 1.29 is 24.2 Å². The van der Waals surface area contributed by atoms with Crippen molar-refractivity contribution in [2.75, 3.05) is 29.4 Å². The van der Waals surface area contributed by atoms with E-state index >= 15 is 0 Å². The summed E-state index contributed by atoms with van der Waals surface area (Å²) in [5.41, 5.74) is 3.71. The molecule has 2 aromatic carbocycles. The number of carbonyl (C=O) groups excluding carboxylic acids is 3. The number of fused-ring (bicyclic) bond motifs is 1. The molecule has 0 aromatic heterocycles. The minimum absolute atomic E-state index is 0.0657. The normalized spacial score (nSPS) is 21.5. The lowest BCUT2D eigenvalue weighted by Crippen LogP contribution is -2.52. The SMILES string of the molecule is CC(C)OC(=O)N1C[C@H](C)N(C(=O)C2CC2)c2ccc(-c3ccc(C(=O)N4CC[C@@H](O)C4)cc3)cc21. The maximum Gasteiger partial charge on any atom is 0.414 e. The molecular formula is C28H33N3O5. The first-order valence-corrected chi connectivity index (χ1v) is 12.8. The number of aliphatic hydroxyl groups excluding tert-OH is 1. The topological polar surface area (TPSA) is 90.4 Å². The Morgan fingerprint density at radius 1 is 0.944 bits per heavy atom. The maximum absolute atomic E-state index is 13.1. The monoisotopic (exact) mass is 491 g/mol. The van der Waals surface area contributed by atoms with E-state index in [4.69, 9.17) is 4.74 Å². The number of hydrogen-bond acceptors (Lipinski definition) is 5. The summed E-state index contributed by atoms with van der Waals surface area (Å²) in [5, 5.41) is 9.74. The molecule has 2 atom stereocenters. The second-order valence-corrected chi connectivity index (χ2v) is 10.3. The number of likely N-dealkylation sites (tertiary alicyclic amines) is 1.